The molecule has 8 heteroatoms. The first-order valence-corrected chi connectivity index (χ1v) is 8.16. The number of nitrogens with two attached hydrogens (primary N) is 1. The van der Waals surface area contributed by atoms with Gasteiger partial charge in [-0.3, -0.25) is 0 Å². The van der Waals surface area contributed by atoms with Crippen molar-refractivity contribution in [1.82, 2.24) is 14.3 Å². The molecule has 0 spiro atoms. The van der Waals surface area contributed by atoms with Gasteiger partial charge >= 0.3 is 0 Å². The number of hydrogen-bond acceptors (Lipinski definition) is 4. The molecule has 0 atom stereocenters. The van der Waals surface area contributed by atoms with Crippen molar-refractivity contribution < 1.29 is 8.42 Å². The number of imidazole rings is 1. The van der Waals surface area contributed by atoms with Gasteiger partial charge in [0.15, 0.2) is 0 Å². The van der Waals surface area contributed by atoms with Crippen LogP contribution in [0.15, 0.2) is 40.0 Å². The zero-order valence-electron chi connectivity index (χ0n) is 10.9. The van der Waals surface area contributed by atoms with E-state index in [9.17, 15) is 8.42 Å². The molecule has 0 fully saturated rings. The molecular formula is C12H15BrN4O2S. The topological polar surface area (TPSA) is 90.0 Å². The van der Waals surface area contributed by atoms with Gasteiger partial charge in [-0.1, -0.05) is 6.07 Å². The number of nitrogens with zero attached hydrogens (tertiary/aromatic N) is 2. The molecule has 6 nitrogen and oxygen atoms in total. The first kappa shape index (κ1) is 15.2. The Bertz CT molecular complexity index is 712. The van der Waals surface area contributed by atoms with Gasteiger partial charge in [-0.05, 0) is 33.6 Å². The zero-order valence-corrected chi connectivity index (χ0v) is 13.3. The van der Waals surface area contributed by atoms with Crippen molar-refractivity contribution in [3.8, 4) is 0 Å². The van der Waals surface area contributed by atoms with Crippen LogP contribution in [0.1, 0.15) is 11.4 Å². The van der Waals surface area contributed by atoms with Gasteiger partial charge in [0.05, 0.1) is 11.4 Å². The molecule has 1 heterocycles. The van der Waals surface area contributed by atoms with Crippen LogP contribution in [0.3, 0.4) is 0 Å². The molecule has 1 aromatic heterocycles. The second-order valence-electron chi connectivity index (χ2n) is 4.25. The SMILES string of the molecule is Cn1ccnc1CNS(=O)(=O)c1ccc(CN)cc1Br. The van der Waals surface area contributed by atoms with Crippen LogP contribution in [0, 0.1) is 0 Å². The monoisotopic (exact) mass is 358 g/mol. The number of nitrogens with one attached hydrogen (secondary N) is 1. The summed E-state index contributed by atoms with van der Waals surface area (Å²) in [6.45, 7) is 0.497. The van der Waals surface area contributed by atoms with E-state index in [1.165, 1.54) is 6.07 Å². The second kappa shape index (κ2) is 6.04. The Labute approximate surface area is 126 Å². The van der Waals surface area contributed by atoms with E-state index in [0.29, 0.717) is 16.8 Å². The van der Waals surface area contributed by atoms with Crippen LogP contribution < -0.4 is 10.5 Å². The Balaban J connectivity index is 2.20. The summed E-state index contributed by atoms with van der Waals surface area (Å²) >= 11 is 3.26. The van der Waals surface area contributed by atoms with Crippen LogP contribution in [0.4, 0.5) is 0 Å². The second-order valence-corrected chi connectivity index (χ2v) is 6.84. The van der Waals surface area contributed by atoms with E-state index in [1.807, 2.05) is 7.05 Å². The minimum atomic E-state index is -3.60. The summed E-state index contributed by atoms with van der Waals surface area (Å²) in [4.78, 5) is 4.25. The summed E-state index contributed by atoms with van der Waals surface area (Å²) in [6.07, 6.45) is 3.38. The van der Waals surface area contributed by atoms with Crippen LogP contribution >= 0.6 is 15.9 Å². The van der Waals surface area contributed by atoms with Crippen LogP contribution in [0.2, 0.25) is 0 Å². The molecule has 0 saturated heterocycles. The molecule has 0 aliphatic carbocycles. The molecule has 1 aromatic carbocycles. The van der Waals surface area contributed by atoms with Crippen molar-refractivity contribution in [2.45, 2.75) is 18.0 Å². The highest BCUT2D eigenvalue weighted by atomic mass is 79.9. The highest BCUT2D eigenvalue weighted by Gasteiger charge is 2.18. The number of hydrogen-bond donors (Lipinski definition) is 2. The zero-order chi connectivity index (χ0) is 14.8. The van der Waals surface area contributed by atoms with Gasteiger partial charge < -0.3 is 10.3 Å². The number of halogens is 1. The van der Waals surface area contributed by atoms with E-state index in [2.05, 4.69) is 25.6 Å². The average molecular weight is 359 g/mol. The molecular weight excluding hydrogens is 344 g/mol. The molecule has 20 heavy (non-hydrogen) atoms. The Hall–Kier alpha value is -1.22. The van der Waals surface area contributed by atoms with Crippen molar-refractivity contribution in [2.24, 2.45) is 12.8 Å². The Morgan fingerprint density at radius 2 is 2.20 bits per heavy atom. The third-order valence-corrected chi connectivity index (χ3v) is 5.24. The lowest BCUT2D eigenvalue weighted by Gasteiger charge is -2.09. The molecule has 108 valence electrons. The maximum atomic E-state index is 12.2. The van der Waals surface area contributed by atoms with Crippen molar-refractivity contribution in [2.75, 3.05) is 0 Å². The number of aromatic nitrogens is 2. The number of benzene rings is 1. The van der Waals surface area contributed by atoms with Gasteiger partial charge in [-0.25, -0.2) is 18.1 Å². The molecule has 0 aliphatic rings. The fourth-order valence-corrected chi connectivity index (χ4v) is 3.80. The molecule has 0 radical (unpaired) electrons. The van der Waals surface area contributed by atoms with E-state index < -0.39 is 10.0 Å². The molecule has 3 N–H and O–H groups in total. The minimum Gasteiger partial charge on any atom is -0.337 e. The fraction of sp³-hybridized carbons (Fsp3) is 0.250. The van der Waals surface area contributed by atoms with Gasteiger partial charge in [0.25, 0.3) is 0 Å². The summed E-state index contributed by atoms with van der Waals surface area (Å²) in [5, 5.41) is 0. The number of rotatable bonds is 5. The quantitative estimate of drug-likeness (QED) is 0.837. The Kier molecular flexibility index (Phi) is 4.59. The Morgan fingerprint density at radius 1 is 1.45 bits per heavy atom. The third-order valence-electron chi connectivity index (χ3n) is 2.86. The molecule has 2 rings (SSSR count). The lowest BCUT2D eigenvalue weighted by Crippen LogP contribution is -2.25. The van der Waals surface area contributed by atoms with Crippen LogP contribution in [0.5, 0.6) is 0 Å². The highest BCUT2D eigenvalue weighted by Crippen LogP contribution is 2.23. The average Bonchev–Trinajstić information content (AvgIpc) is 2.81. The summed E-state index contributed by atoms with van der Waals surface area (Å²) in [5.41, 5.74) is 6.38. The number of aryl methyl sites for hydroxylation is 1. The molecule has 0 bridgehead atoms. The van der Waals surface area contributed by atoms with Gasteiger partial charge in [0.2, 0.25) is 10.0 Å². The van der Waals surface area contributed by atoms with Gasteiger partial charge in [0.1, 0.15) is 5.82 Å². The van der Waals surface area contributed by atoms with Gasteiger partial charge in [-0.2, -0.15) is 0 Å². The van der Waals surface area contributed by atoms with Crippen molar-refractivity contribution >= 4 is 26.0 Å². The Morgan fingerprint density at radius 3 is 2.75 bits per heavy atom. The molecule has 0 amide bonds. The van der Waals surface area contributed by atoms with Crippen LogP contribution in [-0.2, 0) is 30.2 Å². The summed E-state index contributed by atoms with van der Waals surface area (Å²) in [6, 6.07) is 4.93. The van der Waals surface area contributed by atoms with E-state index in [1.54, 1.807) is 29.1 Å². The predicted octanol–water partition coefficient (Wildman–Crippen LogP) is 1.12. The van der Waals surface area contributed by atoms with Crippen molar-refractivity contribution in [3.63, 3.8) is 0 Å². The van der Waals surface area contributed by atoms with Crippen molar-refractivity contribution in [1.29, 1.82) is 0 Å². The molecule has 2 aromatic rings. The molecule has 0 aliphatic heterocycles. The van der Waals surface area contributed by atoms with E-state index >= 15 is 0 Å². The lowest BCUT2D eigenvalue weighted by molar-refractivity contribution is 0.577. The maximum absolute atomic E-state index is 12.2. The van der Waals surface area contributed by atoms with Crippen molar-refractivity contribution in [3.05, 3.63) is 46.5 Å². The van der Waals surface area contributed by atoms with Crippen LogP contribution in [-0.4, -0.2) is 18.0 Å². The summed E-state index contributed by atoms with van der Waals surface area (Å²) in [5.74, 6) is 0.642. The minimum absolute atomic E-state index is 0.136. The first-order valence-electron chi connectivity index (χ1n) is 5.88. The fourth-order valence-electron chi connectivity index (χ4n) is 1.69. The highest BCUT2D eigenvalue weighted by molar-refractivity contribution is 9.10. The lowest BCUT2D eigenvalue weighted by atomic mass is 10.2. The standard InChI is InChI=1S/C12H15BrN4O2S/c1-17-5-4-15-12(17)8-16-20(18,19)11-3-2-9(7-14)6-10(11)13/h2-6,16H,7-8,14H2,1H3. The molecule has 0 unspecified atom stereocenters. The summed E-state index contributed by atoms with van der Waals surface area (Å²) < 4.78 is 29.3. The first-order chi connectivity index (χ1) is 9.44. The normalized spacial score (nSPS) is 11.8. The molecule has 0 saturated carbocycles. The van der Waals surface area contributed by atoms with E-state index in [-0.39, 0.29) is 11.4 Å². The van der Waals surface area contributed by atoms with Gasteiger partial charge in [-0.15, -0.1) is 0 Å². The van der Waals surface area contributed by atoms with Crippen LogP contribution in [0.25, 0.3) is 0 Å². The summed E-state index contributed by atoms with van der Waals surface area (Å²) in [7, 11) is -1.79. The van der Waals surface area contributed by atoms with Gasteiger partial charge in [0, 0.05) is 30.5 Å². The largest absolute Gasteiger partial charge is 0.337 e. The predicted molar refractivity (Wildman–Crippen MR) is 79.3 cm³/mol. The number of sulfonamides is 1. The maximum Gasteiger partial charge on any atom is 0.242 e. The van der Waals surface area contributed by atoms with E-state index in [4.69, 9.17) is 5.73 Å². The third kappa shape index (κ3) is 3.26. The smallest absolute Gasteiger partial charge is 0.242 e. The van der Waals surface area contributed by atoms with E-state index in [0.717, 1.165) is 5.56 Å².